The first-order chi connectivity index (χ1) is 16.5. The summed E-state index contributed by atoms with van der Waals surface area (Å²) in [6, 6.07) is 13.5. The van der Waals surface area contributed by atoms with Crippen LogP contribution in [0, 0.1) is 0 Å². The van der Waals surface area contributed by atoms with Crippen LogP contribution in [0.25, 0.3) is 17.0 Å². The number of hydrogen-bond acceptors (Lipinski definition) is 8. The summed E-state index contributed by atoms with van der Waals surface area (Å²) in [5.41, 5.74) is 1.26. The molecule has 0 aliphatic carbocycles. The molecular weight excluding hydrogens is 456 g/mol. The van der Waals surface area contributed by atoms with E-state index < -0.39 is 5.91 Å². The SMILES string of the molecule is O=C(/C=C/c1coc2ccccc2c1=O)Nc1nnc(CCN2C(=O)c3ccccc3C2=O)s1. The zero-order valence-corrected chi connectivity index (χ0v) is 18.4. The van der Waals surface area contributed by atoms with Crippen molar-refractivity contribution >= 4 is 51.2 Å². The molecule has 1 aliphatic rings. The number of carbonyl (C=O) groups excluding carboxylic acids is 3. The van der Waals surface area contributed by atoms with Crippen molar-refractivity contribution in [3.63, 3.8) is 0 Å². The molecular formula is C24H16N4O5S. The van der Waals surface area contributed by atoms with Crippen molar-refractivity contribution in [3.05, 3.63) is 92.8 Å². The normalized spacial score (nSPS) is 13.1. The van der Waals surface area contributed by atoms with Gasteiger partial charge in [-0.05, 0) is 30.3 Å². The number of amides is 3. The fourth-order valence-electron chi connectivity index (χ4n) is 3.58. The quantitative estimate of drug-likeness (QED) is 0.338. The van der Waals surface area contributed by atoms with Crippen molar-refractivity contribution in [1.82, 2.24) is 15.1 Å². The molecule has 0 saturated carbocycles. The molecule has 0 atom stereocenters. The molecule has 1 aliphatic heterocycles. The van der Waals surface area contributed by atoms with Crippen LogP contribution in [0.15, 0.2) is 70.1 Å². The number of rotatable bonds is 6. The zero-order chi connectivity index (χ0) is 23.7. The van der Waals surface area contributed by atoms with Gasteiger partial charge in [0.05, 0.1) is 22.1 Å². The Morgan fingerprint density at radius 1 is 1.00 bits per heavy atom. The monoisotopic (exact) mass is 472 g/mol. The smallest absolute Gasteiger partial charge is 0.261 e. The predicted octanol–water partition coefficient (Wildman–Crippen LogP) is 3.14. The highest BCUT2D eigenvalue weighted by molar-refractivity contribution is 7.15. The van der Waals surface area contributed by atoms with Crippen molar-refractivity contribution in [2.75, 3.05) is 11.9 Å². The second-order valence-electron chi connectivity index (χ2n) is 7.40. The molecule has 4 aromatic rings. The van der Waals surface area contributed by atoms with Gasteiger partial charge in [-0.25, -0.2) is 0 Å². The molecule has 5 rings (SSSR count). The number of aromatic nitrogens is 2. The van der Waals surface area contributed by atoms with Gasteiger partial charge in [-0.3, -0.25) is 29.4 Å². The molecule has 9 nitrogen and oxygen atoms in total. The first-order valence-electron chi connectivity index (χ1n) is 10.3. The van der Waals surface area contributed by atoms with Crippen molar-refractivity contribution < 1.29 is 18.8 Å². The second kappa shape index (κ2) is 8.83. The first-order valence-corrected chi connectivity index (χ1v) is 11.1. The van der Waals surface area contributed by atoms with Crippen LogP contribution in [0.3, 0.4) is 0 Å². The van der Waals surface area contributed by atoms with Crippen LogP contribution in [-0.4, -0.2) is 39.4 Å². The number of hydrogen-bond donors (Lipinski definition) is 1. The summed E-state index contributed by atoms with van der Waals surface area (Å²) in [5, 5.41) is 11.8. The van der Waals surface area contributed by atoms with Crippen molar-refractivity contribution in [3.8, 4) is 0 Å². The third-order valence-electron chi connectivity index (χ3n) is 5.25. The Labute approximate surface area is 196 Å². The molecule has 34 heavy (non-hydrogen) atoms. The fraction of sp³-hybridized carbons (Fsp3) is 0.0833. The summed E-state index contributed by atoms with van der Waals surface area (Å²) in [5.74, 6) is -1.15. The topological polar surface area (TPSA) is 122 Å². The number of fused-ring (bicyclic) bond motifs is 2. The van der Waals surface area contributed by atoms with E-state index in [1.54, 1.807) is 48.5 Å². The van der Waals surface area contributed by atoms with Crippen LogP contribution >= 0.6 is 11.3 Å². The van der Waals surface area contributed by atoms with Crippen LogP contribution in [0.5, 0.6) is 0 Å². The zero-order valence-electron chi connectivity index (χ0n) is 17.6. The standard InChI is InChI=1S/C24H16N4O5S/c29-19(10-9-14-13-33-18-8-4-3-7-17(18)21(14)30)25-24-27-26-20(34-24)11-12-28-22(31)15-5-1-2-6-16(15)23(28)32/h1-10,13H,11-12H2,(H,25,27,29)/b10-9+. The average Bonchev–Trinajstić information content (AvgIpc) is 3.39. The van der Waals surface area contributed by atoms with Gasteiger partial charge in [0.25, 0.3) is 11.8 Å². The Balaban J connectivity index is 1.20. The van der Waals surface area contributed by atoms with Crippen molar-refractivity contribution in [2.45, 2.75) is 6.42 Å². The largest absolute Gasteiger partial charge is 0.463 e. The summed E-state index contributed by atoms with van der Waals surface area (Å²) in [7, 11) is 0. The van der Waals surface area contributed by atoms with Crippen molar-refractivity contribution in [2.24, 2.45) is 0 Å². The molecule has 0 radical (unpaired) electrons. The molecule has 0 bridgehead atoms. The molecule has 3 heterocycles. The maximum atomic E-state index is 12.5. The highest BCUT2D eigenvalue weighted by Gasteiger charge is 2.34. The minimum Gasteiger partial charge on any atom is -0.463 e. The number of imide groups is 1. The predicted molar refractivity (Wildman–Crippen MR) is 126 cm³/mol. The van der Waals surface area contributed by atoms with E-state index in [9.17, 15) is 19.2 Å². The minimum absolute atomic E-state index is 0.159. The van der Waals surface area contributed by atoms with E-state index in [2.05, 4.69) is 15.5 Å². The molecule has 10 heteroatoms. The van der Waals surface area contributed by atoms with E-state index in [-0.39, 0.29) is 34.5 Å². The van der Waals surface area contributed by atoms with Gasteiger partial charge < -0.3 is 4.42 Å². The summed E-state index contributed by atoms with van der Waals surface area (Å²) < 4.78 is 5.43. The summed E-state index contributed by atoms with van der Waals surface area (Å²) in [4.78, 5) is 50.8. The number of nitrogens with one attached hydrogen (secondary N) is 1. The second-order valence-corrected chi connectivity index (χ2v) is 8.46. The lowest BCUT2D eigenvalue weighted by molar-refractivity contribution is -0.111. The van der Waals surface area contributed by atoms with Crippen molar-refractivity contribution in [1.29, 1.82) is 0 Å². The van der Waals surface area contributed by atoms with Gasteiger partial charge in [0.15, 0.2) is 5.43 Å². The lowest BCUT2D eigenvalue weighted by Gasteiger charge is -2.11. The lowest BCUT2D eigenvalue weighted by Crippen LogP contribution is -2.31. The molecule has 1 N–H and O–H groups in total. The first kappa shape index (κ1) is 21.4. The number of nitrogens with zero attached hydrogens (tertiary/aromatic N) is 3. The maximum absolute atomic E-state index is 12.5. The summed E-state index contributed by atoms with van der Waals surface area (Å²) >= 11 is 1.14. The molecule has 0 spiro atoms. The van der Waals surface area contributed by atoms with Gasteiger partial charge in [-0.15, -0.1) is 10.2 Å². The highest BCUT2D eigenvalue weighted by Crippen LogP contribution is 2.23. The van der Waals surface area contributed by atoms with E-state index in [0.717, 1.165) is 11.3 Å². The third-order valence-corrected chi connectivity index (χ3v) is 6.14. The fourth-order valence-corrected chi connectivity index (χ4v) is 4.31. The number of para-hydroxylation sites is 1. The molecule has 0 saturated heterocycles. The minimum atomic E-state index is -0.490. The number of carbonyl (C=O) groups is 3. The van der Waals surface area contributed by atoms with Crippen LogP contribution in [0.2, 0.25) is 0 Å². The van der Waals surface area contributed by atoms with E-state index in [0.29, 0.717) is 33.5 Å². The van der Waals surface area contributed by atoms with Crippen LogP contribution in [-0.2, 0) is 11.2 Å². The Morgan fingerprint density at radius 2 is 1.71 bits per heavy atom. The van der Waals surface area contributed by atoms with E-state index in [1.807, 2.05) is 0 Å². The van der Waals surface area contributed by atoms with E-state index >= 15 is 0 Å². The van der Waals surface area contributed by atoms with Gasteiger partial charge >= 0.3 is 0 Å². The average molecular weight is 472 g/mol. The number of benzene rings is 2. The molecule has 0 unspecified atom stereocenters. The Hall–Kier alpha value is -4.44. The Morgan fingerprint density at radius 3 is 2.47 bits per heavy atom. The van der Waals surface area contributed by atoms with Gasteiger partial charge in [-0.2, -0.15) is 0 Å². The van der Waals surface area contributed by atoms with Crippen LogP contribution in [0.4, 0.5) is 5.13 Å². The summed E-state index contributed by atoms with van der Waals surface area (Å²) in [6.45, 7) is 0.159. The molecule has 2 aromatic carbocycles. The van der Waals surface area contributed by atoms with E-state index in [1.165, 1.54) is 23.3 Å². The maximum Gasteiger partial charge on any atom is 0.261 e. The highest BCUT2D eigenvalue weighted by atomic mass is 32.1. The molecule has 3 amide bonds. The Bertz CT molecular complexity index is 1500. The van der Waals surface area contributed by atoms with Gasteiger partial charge in [0, 0.05) is 19.0 Å². The van der Waals surface area contributed by atoms with Crippen LogP contribution in [0.1, 0.15) is 31.3 Å². The van der Waals surface area contributed by atoms with Gasteiger partial charge in [-0.1, -0.05) is 35.6 Å². The van der Waals surface area contributed by atoms with Gasteiger partial charge in [0.2, 0.25) is 11.0 Å². The van der Waals surface area contributed by atoms with E-state index in [4.69, 9.17) is 4.42 Å². The molecule has 168 valence electrons. The Kier molecular flexibility index (Phi) is 5.56. The third kappa shape index (κ3) is 4.02. The van der Waals surface area contributed by atoms with Crippen LogP contribution < -0.4 is 10.7 Å². The van der Waals surface area contributed by atoms with Gasteiger partial charge in [0.1, 0.15) is 16.9 Å². The molecule has 0 fully saturated rings. The molecule has 2 aromatic heterocycles. The lowest BCUT2D eigenvalue weighted by atomic mass is 10.1. The summed E-state index contributed by atoms with van der Waals surface area (Å²) in [6.07, 6.45) is 4.20. The number of anilines is 1.